The lowest BCUT2D eigenvalue weighted by molar-refractivity contribution is -0.250. The summed E-state index contributed by atoms with van der Waals surface area (Å²) < 4.78 is 5.78. The zero-order valence-corrected chi connectivity index (χ0v) is 12.0. The molecule has 1 aliphatic rings. The molecule has 1 saturated heterocycles. The third-order valence-corrected chi connectivity index (χ3v) is 4.45. The summed E-state index contributed by atoms with van der Waals surface area (Å²) in [6, 6.07) is 0. The quantitative estimate of drug-likeness (QED) is 0.727. The molecule has 5 unspecified atom stereocenters. The third kappa shape index (κ3) is 3.48. The first-order chi connectivity index (χ1) is 8.30. The summed E-state index contributed by atoms with van der Waals surface area (Å²) in [5.41, 5.74) is 5.36. The number of hydrogen-bond donors (Lipinski definition) is 2. The highest BCUT2D eigenvalue weighted by molar-refractivity contribution is 6.38. The van der Waals surface area contributed by atoms with Crippen LogP contribution < -0.4 is 5.73 Å². The third-order valence-electron chi connectivity index (χ3n) is 4.45. The first-order valence-electron chi connectivity index (χ1n) is 6.99. The van der Waals surface area contributed by atoms with Crippen LogP contribution in [-0.4, -0.2) is 30.2 Å². The molecule has 0 bridgehead atoms. The largest absolute Gasteiger partial charge is 0.369 e. The molecule has 0 spiro atoms. The first-order valence-corrected chi connectivity index (χ1v) is 6.99. The Morgan fingerprint density at radius 1 is 1.61 bits per heavy atom. The van der Waals surface area contributed by atoms with E-state index in [0.717, 1.165) is 7.28 Å². The number of amides is 1. The minimum atomic E-state index is -1.10. The number of hydrogen-bond acceptors (Lipinski definition) is 3. The number of nitrogens with two attached hydrogens (primary N) is 1. The van der Waals surface area contributed by atoms with E-state index in [2.05, 4.69) is 6.92 Å². The van der Waals surface area contributed by atoms with Crippen LogP contribution in [0.5, 0.6) is 0 Å². The van der Waals surface area contributed by atoms with Gasteiger partial charge in [-0.15, -0.1) is 0 Å². The highest BCUT2D eigenvalue weighted by Gasteiger charge is 2.42. The molecule has 4 nitrogen and oxygen atoms in total. The van der Waals surface area contributed by atoms with E-state index in [1.807, 2.05) is 20.8 Å². The lowest BCUT2D eigenvalue weighted by atomic mass is 9.55. The molecule has 0 aliphatic carbocycles. The molecule has 5 atom stereocenters. The van der Waals surface area contributed by atoms with Gasteiger partial charge in [0.05, 0.1) is 6.10 Å². The summed E-state index contributed by atoms with van der Waals surface area (Å²) in [5, 5.41) is 10.6. The second kappa shape index (κ2) is 6.07. The maximum absolute atomic E-state index is 11.3. The van der Waals surface area contributed by atoms with E-state index in [-0.39, 0.29) is 23.8 Å². The van der Waals surface area contributed by atoms with E-state index in [0.29, 0.717) is 25.0 Å². The lowest BCUT2D eigenvalue weighted by Gasteiger charge is -2.43. The molecule has 1 heterocycles. The number of carbonyl (C=O) groups excluding carboxylic acids is 1. The van der Waals surface area contributed by atoms with E-state index >= 15 is 0 Å². The van der Waals surface area contributed by atoms with Crippen LogP contribution in [0.2, 0.25) is 12.1 Å². The van der Waals surface area contributed by atoms with Gasteiger partial charge >= 0.3 is 0 Å². The maximum atomic E-state index is 11.3. The van der Waals surface area contributed by atoms with E-state index in [9.17, 15) is 9.90 Å². The maximum Gasteiger partial charge on any atom is 0.220 e. The molecular formula is C13H26BNO3. The second-order valence-corrected chi connectivity index (χ2v) is 5.83. The van der Waals surface area contributed by atoms with Crippen LogP contribution in [0.1, 0.15) is 40.5 Å². The number of rotatable bonds is 5. The van der Waals surface area contributed by atoms with Crippen molar-refractivity contribution in [2.75, 3.05) is 0 Å². The molecule has 0 radical (unpaired) electrons. The zero-order chi connectivity index (χ0) is 13.9. The monoisotopic (exact) mass is 255 g/mol. The smallest absolute Gasteiger partial charge is 0.220 e. The molecule has 5 heteroatoms. The lowest BCUT2D eigenvalue weighted by Crippen LogP contribution is -2.49. The normalized spacial score (nSPS) is 35.6. The van der Waals surface area contributed by atoms with Crippen molar-refractivity contribution >= 4 is 13.2 Å². The van der Waals surface area contributed by atoms with Crippen molar-refractivity contribution in [3.63, 3.8) is 0 Å². The standard InChI is InChI=1S/C13H26BNO3/c1-5-11(12(15)16)6-8(2)13(17)7-14-9(3)10(4)18-13/h8-11,14,17H,5-7H2,1-4H3,(H2,15,16). The molecule has 1 rings (SSSR count). The van der Waals surface area contributed by atoms with Crippen LogP contribution in [-0.2, 0) is 9.53 Å². The van der Waals surface area contributed by atoms with Gasteiger partial charge in [0, 0.05) is 11.8 Å². The summed E-state index contributed by atoms with van der Waals surface area (Å²) in [5.74, 6) is -1.18. The average Bonchev–Trinajstić information content (AvgIpc) is 2.30. The van der Waals surface area contributed by atoms with Crippen molar-refractivity contribution in [1.29, 1.82) is 0 Å². The van der Waals surface area contributed by atoms with Crippen molar-refractivity contribution in [3.05, 3.63) is 0 Å². The Kier molecular flexibility index (Phi) is 5.23. The zero-order valence-electron chi connectivity index (χ0n) is 12.0. The van der Waals surface area contributed by atoms with Crippen molar-refractivity contribution in [2.24, 2.45) is 17.6 Å². The van der Waals surface area contributed by atoms with Gasteiger partial charge in [0.1, 0.15) is 7.28 Å². The Bertz CT molecular complexity index is 300. The highest BCUT2D eigenvalue weighted by atomic mass is 16.6. The van der Waals surface area contributed by atoms with Gasteiger partial charge in [0.25, 0.3) is 0 Å². The molecular weight excluding hydrogens is 229 g/mol. The Morgan fingerprint density at radius 3 is 2.67 bits per heavy atom. The number of aliphatic hydroxyl groups is 1. The minimum Gasteiger partial charge on any atom is -0.369 e. The van der Waals surface area contributed by atoms with Crippen LogP contribution in [0.15, 0.2) is 0 Å². The van der Waals surface area contributed by atoms with Crippen molar-refractivity contribution < 1.29 is 14.6 Å². The predicted octanol–water partition coefficient (Wildman–Crippen LogP) is 1.29. The first kappa shape index (κ1) is 15.5. The van der Waals surface area contributed by atoms with E-state index in [1.165, 1.54) is 0 Å². The molecule has 1 amide bonds. The molecule has 0 aromatic carbocycles. The number of ether oxygens (including phenoxy) is 1. The van der Waals surface area contributed by atoms with Crippen molar-refractivity contribution in [2.45, 2.75) is 64.6 Å². The second-order valence-electron chi connectivity index (χ2n) is 5.83. The van der Waals surface area contributed by atoms with Crippen LogP contribution in [0.3, 0.4) is 0 Å². The molecule has 1 fully saturated rings. The van der Waals surface area contributed by atoms with Gasteiger partial charge in [-0.1, -0.05) is 20.8 Å². The summed E-state index contributed by atoms with van der Waals surface area (Å²) >= 11 is 0. The Balaban J connectivity index is 2.65. The summed E-state index contributed by atoms with van der Waals surface area (Å²) in [7, 11) is 0.954. The van der Waals surface area contributed by atoms with E-state index in [1.54, 1.807) is 0 Å². The predicted molar refractivity (Wildman–Crippen MR) is 73.6 cm³/mol. The SMILES string of the molecule is CCC(CC(C)C1(O)CBC(C)C(C)O1)C(N)=O. The van der Waals surface area contributed by atoms with Crippen LogP contribution in [0, 0.1) is 11.8 Å². The van der Waals surface area contributed by atoms with Gasteiger partial charge in [-0.3, -0.25) is 4.79 Å². The molecule has 104 valence electrons. The molecule has 1 aliphatic heterocycles. The van der Waals surface area contributed by atoms with E-state index in [4.69, 9.17) is 10.5 Å². The van der Waals surface area contributed by atoms with Gasteiger partial charge in [0.2, 0.25) is 5.91 Å². The Hall–Kier alpha value is -0.545. The molecule has 0 aromatic heterocycles. The van der Waals surface area contributed by atoms with Gasteiger partial charge in [0.15, 0.2) is 5.79 Å². The number of primary amides is 1. The highest BCUT2D eigenvalue weighted by Crippen LogP contribution is 2.37. The Morgan fingerprint density at radius 2 is 2.22 bits per heavy atom. The molecule has 18 heavy (non-hydrogen) atoms. The fraction of sp³-hybridized carbons (Fsp3) is 0.923. The summed E-state index contributed by atoms with van der Waals surface area (Å²) in [4.78, 5) is 11.3. The Labute approximate surface area is 111 Å². The van der Waals surface area contributed by atoms with Gasteiger partial charge in [-0.2, -0.15) is 0 Å². The average molecular weight is 255 g/mol. The summed E-state index contributed by atoms with van der Waals surface area (Å²) in [6.07, 6.45) is 1.99. The van der Waals surface area contributed by atoms with Crippen LogP contribution >= 0.6 is 0 Å². The van der Waals surface area contributed by atoms with Crippen molar-refractivity contribution in [1.82, 2.24) is 0 Å². The van der Waals surface area contributed by atoms with Gasteiger partial charge < -0.3 is 15.6 Å². The van der Waals surface area contributed by atoms with Gasteiger partial charge in [-0.25, -0.2) is 0 Å². The number of carbonyl (C=O) groups is 1. The molecule has 0 saturated carbocycles. The molecule has 3 N–H and O–H groups in total. The van der Waals surface area contributed by atoms with Crippen LogP contribution in [0.4, 0.5) is 0 Å². The van der Waals surface area contributed by atoms with Crippen LogP contribution in [0.25, 0.3) is 0 Å². The van der Waals surface area contributed by atoms with Gasteiger partial charge in [-0.05, 0) is 31.9 Å². The fourth-order valence-corrected chi connectivity index (χ4v) is 2.62. The minimum absolute atomic E-state index is 0.0554. The molecule has 0 aromatic rings. The van der Waals surface area contributed by atoms with Crippen molar-refractivity contribution in [3.8, 4) is 0 Å². The van der Waals surface area contributed by atoms with E-state index < -0.39 is 5.79 Å². The fourth-order valence-electron chi connectivity index (χ4n) is 2.62. The topological polar surface area (TPSA) is 72.6 Å². The summed E-state index contributed by atoms with van der Waals surface area (Å²) in [6.45, 7) is 8.01.